The summed E-state index contributed by atoms with van der Waals surface area (Å²) in [6.07, 6.45) is 2.52. The van der Waals surface area contributed by atoms with Crippen LogP contribution >= 0.6 is 27.5 Å². The summed E-state index contributed by atoms with van der Waals surface area (Å²) in [5.41, 5.74) is 1.94. The summed E-state index contributed by atoms with van der Waals surface area (Å²) in [5, 5.41) is 4.92. The molecule has 0 bridgehead atoms. The summed E-state index contributed by atoms with van der Waals surface area (Å²) >= 11 is 9.49. The van der Waals surface area contributed by atoms with Gasteiger partial charge in [-0.25, -0.2) is 0 Å². The average molecular weight is 314 g/mol. The van der Waals surface area contributed by atoms with E-state index in [0.29, 0.717) is 16.3 Å². The van der Waals surface area contributed by atoms with Gasteiger partial charge in [-0.05, 0) is 19.1 Å². The van der Waals surface area contributed by atoms with Crippen molar-refractivity contribution < 1.29 is 4.79 Å². The summed E-state index contributed by atoms with van der Waals surface area (Å²) in [7, 11) is 0. The van der Waals surface area contributed by atoms with Crippen LogP contribution in [0.5, 0.6) is 0 Å². The molecule has 0 saturated heterocycles. The lowest BCUT2D eigenvalue weighted by Crippen LogP contribution is -1.94. The number of nitrogens with zero attached hydrogens (tertiary/aromatic N) is 2. The van der Waals surface area contributed by atoms with Gasteiger partial charge in [-0.15, -0.1) is 0 Å². The number of aromatic nitrogens is 2. The molecular weight excluding hydrogens is 304 g/mol. The van der Waals surface area contributed by atoms with Gasteiger partial charge >= 0.3 is 0 Å². The molecule has 0 N–H and O–H groups in total. The first kappa shape index (κ1) is 12.3. The van der Waals surface area contributed by atoms with E-state index >= 15 is 0 Å². The molecule has 0 atom stereocenters. The smallest absolute Gasteiger partial charge is 0.153 e. The van der Waals surface area contributed by atoms with E-state index in [1.807, 2.05) is 19.1 Å². The summed E-state index contributed by atoms with van der Waals surface area (Å²) < 4.78 is 2.62. The van der Waals surface area contributed by atoms with Gasteiger partial charge in [-0.2, -0.15) is 5.10 Å². The summed E-state index contributed by atoms with van der Waals surface area (Å²) in [6, 6.07) is 5.51. The molecule has 0 saturated carbocycles. The molecule has 0 aliphatic heterocycles. The number of hydrogen-bond donors (Lipinski definition) is 0. The molecule has 5 heteroatoms. The van der Waals surface area contributed by atoms with Gasteiger partial charge in [-0.1, -0.05) is 33.6 Å². The van der Waals surface area contributed by atoms with Crippen LogP contribution in [0.15, 0.2) is 28.9 Å². The van der Waals surface area contributed by atoms with Gasteiger partial charge in [0, 0.05) is 22.8 Å². The Labute approximate surface area is 113 Å². The van der Waals surface area contributed by atoms with Gasteiger partial charge in [0.2, 0.25) is 0 Å². The Hall–Kier alpha value is -1.13. The number of aldehydes is 1. The molecule has 88 valence electrons. The molecule has 0 spiro atoms. The molecule has 2 aromatic rings. The quantitative estimate of drug-likeness (QED) is 0.808. The number of rotatable bonds is 3. The number of carbonyl (C=O) groups excluding carboxylic acids is 1. The fourth-order valence-electron chi connectivity index (χ4n) is 1.58. The fourth-order valence-corrected chi connectivity index (χ4v) is 2.34. The number of hydrogen-bond acceptors (Lipinski definition) is 2. The Balaban J connectivity index is 2.58. The lowest BCUT2D eigenvalue weighted by Gasteiger charge is -2.02. The zero-order valence-electron chi connectivity index (χ0n) is 9.15. The van der Waals surface area contributed by atoms with E-state index in [9.17, 15) is 4.79 Å². The minimum absolute atomic E-state index is 0.552. The van der Waals surface area contributed by atoms with Crippen molar-refractivity contribution in [2.75, 3.05) is 0 Å². The van der Waals surface area contributed by atoms with E-state index in [4.69, 9.17) is 11.6 Å². The van der Waals surface area contributed by atoms with Crippen LogP contribution in [0.25, 0.3) is 11.3 Å². The molecule has 2 rings (SSSR count). The topological polar surface area (TPSA) is 34.9 Å². The monoisotopic (exact) mass is 312 g/mol. The second-order valence-electron chi connectivity index (χ2n) is 3.53. The molecule has 0 aliphatic rings. The van der Waals surface area contributed by atoms with Crippen LogP contribution in [0, 0.1) is 0 Å². The van der Waals surface area contributed by atoms with Crippen molar-refractivity contribution in [1.29, 1.82) is 0 Å². The van der Waals surface area contributed by atoms with E-state index in [1.54, 1.807) is 16.9 Å². The Kier molecular flexibility index (Phi) is 3.64. The Morgan fingerprint density at radius 3 is 2.88 bits per heavy atom. The highest BCUT2D eigenvalue weighted by Crippen LogP contribution is 2.31. The highest BCUT2D eigenvalue weighted by Gasteiger charge is 2.13. The molecule has 0 radical (unpaired) electrons. The maximum Gasteiger partial charge on any atom is 0.153 e. The van der Waals surface area contributed by atoms with Crippen molar-refractivity contribution in [2.45, 2.75) is 13.5 Å². The van der Waals surface area contributed by atoms with Crippen LogP contribution in [0.3, 0.4) is 0 Å². The molecule has 0 aliphatic carbocycles. The highest BCUT2D eigenvalue weighted by molar-refractivity contribution is 9.10. The maximum atomic E-state index is 11.0. The lowest BCUT2D eigenvalue weighted by atomic mass is 10.1. The zero-order valence-corrected chi connectivity index (χ0v) is 11.5. The zero-order chi connectivity index (χ0) is 12.4. The van der Waals surface area contributed by atoms with Gasteiger partial charge in [0.1, 0.15) is 5.69 Å². The third-order valence-electron chi connectivity index (χ3n) is 2.43. The van der Waals surface area contributed by atoms with Crippen molar-refractivity contribution >= 4 is 33.8 Å². The normalized spacial score (nSPS) is 10.5. The van der Waals surface area contributed by atoms with Crippen LogP contribution < -0.4 is 0 Å². The van der Waals surface area contributed by atoms with E-state index in [-0.39, 0.29) is 0 Å². The number of halogens is 2. The second kappa shape index (κ2) is 5.02. The molecule has 0 amide bonds. The van der Waals surface area contributed by atoms with Crippen molar-refractivity contribution in [2.24, 2.45) is 0 Å². The summed E-state index contributed by atoms with van der Waals surface area (Å²) in [4.78, 5) is 11.0. The number of aryl methyl sites for hydroxylation is 1. The Morgan fingerprint density at radius 1 is 1.53 bits per heavy atom. The van der Waals surface area contributed by atoms with E-state index in [1.165, 1.54) is 0 Å². The summed E-state index contributed by atoms with van der Waals surface area (Å²) in [6.45, 7) is 2.68. The minimum atomic E-state index is 0.552. The Morgan fingerprint density at radius 2 is 2.29 bits per heavy atom. The molecule has 3 nitrogen and oxygen atoms in total. The van der Waals surface area contributed by atoms with Gasteiger partial charge in [-0.3, -0.25) is 9.48 Å². The average Bonchev–Trinajstić information content (AvgIpc) is 2.72. The lowest BCUT2D eigenvalue weighted by molar-refractivity contribution is 0.112. The van der Waals surface area contributed by atoms with E-state index < -0.39 is 0 Å². The first-order chi connectivity index (χ1) is 8.15. The molecule has 0 fully saturated rings. The van der Waals surface area contributed by atoms with Crippen LogP contribution in [-0.4, -0.2) is 16.1 Å². The van der Waals surface area contributed by atoms with Crippen LogP contribution in [0.2, 0.25) is 5.02 Å². The van der Waals surface area contributed by atoms with Crippen molar-refractivity contribution in [1.82, 2.24) is 9.78 Å². The van der Waals surface area contributed by atoms with E-state index in [0.717, 1.165) is 22.9 Å². The largest absolute Gasteiger partial charge is 0.298 e. The van der Waals surface area contributed by atoms with Gasteiger partial charge in [0.05, 0.1) is 10.6 Å². The second-order valence-corrected chi connectivity index (χ2v) is 4.85. The molecule has 1 heterocycles. The molecular formula is C12H10BrClN2O. The Bertz CT molecular complexity index is 566. The molecule has 0 unspecified atom stereocenters. The van der Waals surface area contributed by atoms with Crippen LogP contribution in [-0.2, 0) is 6.54 Å². The van der Waals surface area contributed by atoms with Crippen molar-refractivity contribution in [3.63, 3.8) is 0 Å². The van der Waals surface area contributed by atoms with Crippen LogP contribution in [0.1, 0.15) is 17.3 Å². The highest BCUT2D eigenvalue weighted by atomic mass is 79.9. The number of benzene rings is 1. The predicted octanol–water partition coefficient (Wildman–Crippen LogP) is 3.80. The molecule has 17 heavy (non-hydrogen) atoms. The fraction of sp³-hybridized carbons (Fsp3) is 0.167. The third-order valence-corrected chi connectivity index (χ3v) is 3.23. The van der Waals surface area contributed by atoms with E-state index in [2.05, 4.69) is 21.0 Å². The predicted molar refractivity (Wildman–Crippen MR) is 71.4 cm³/mol. The van der Waals surface area contributed by atoms with Gasteiger partial charge in [0.15, 0.2) is 6.29 Å². The van der Waals surface area contributed by atoms with Crippen LogP contribution in [0.4, 0.5) is 0 Å². The third kappa shape index (κ3) is 2.42. The van der Waals surface area contributed by atoms with Crippen molar-refractivity contribution in [3.8, 4) is 11.3 Å². The standard InChI is InChI=1S/C12H10BrClN2O/c1-2-16-6-8(7-17)12(15-16)10-4-3-9(13)5-11(10)14/h3-7H,2H2,1H3. The van der Waals surface area contributed by atoms with Crippen molar-refractivity contribution in [3.05, 3.63) is 39.5 Å². The molecule has 1 aromatic carbocycles. The minimum Gasteiger partial charge on any atom is -0.298 e. The SMILES string of the molecule is CCn1cc(C=O)c(-c2ccc(Br)cc2Cl)n1. The molecule has 1 aromatic heterocycles. The summed E-state index contributed by atoms with van der Waals surface area (Å²) in [5.74, 6) is 0. The number of carbonyl (C=O) groups is 1. The van der Waals surface area contributed by atoms with Gasteiger partial charge in [0.25, 0.3) is 0 Å². The van der Waals surface area contributed by atoms with Gasteiger partial charge < -0.3 is 0 Å². The first-order valence-corrected chi connectivity index (χ1v) is 6.31. The maximum absolute atomic E-state index is 11.0. The first-order valence-electron chi connectivity index (χ1n) is 5.13.